The van der Waals surface area contributed by atoms with Gasteiger partial charge in [0.15, 0.2) is 0 Å². The molecule has 1 aliphatic heterocycles. The third-order valence-corrected chi connectivity index (χ3v) is 5.28. The molecule has 2 aromatic rings. The Balaban J connectivity index is 1.82. The Hall–Kier alpha value is -2.01. The molecule has 134 valence electrons. The van der Waals surface area contributed by atoms with Crippen LogP contribution < -0.4 is 5.32 Å². The number of aromatic hydroxyl groups is 1. The van der Waals surface area contributed by atoms with Gasteiger partial charge in [-0.15, -0.1) is 0 Å². The number of nitrogens with one attached hydrogen (secondary N) is 1. The minimum Gasteiger partial charge on any atom is -0.494 e. The van der Waals surface area contributed by atoms with Gasteiger partial charge in [0.25, 0.3) is 0 Å². The average Bonchev–Trinajstić information content (AvgIpc) is 3.39. The molecule has 0 bridgehead atoms. The van der Waals surface area contributed by atoms with Gasteiger partial charge in [-0.05, 0) is 57.7 Å². The molecule has 1 unspecified atom stereocenters. The third kappa shape index (κ3) is 3.01. The predicted octanol–water partition coefficient (Wildman–Crippen LogP) is 3.96. The van der Waals surface area contributed by atoms with Crippen molar-refractivity contribution < 1.29 is 9.84 Å². The van der Waals surface area contributed by atoms with Crippen molar-refractivity contribution in [1.29, 1.82) is 0 Å². The minimum absolute atomic E-state index is 0.172. The summed E-state index contributed by atoms with van der Waals surface area (Å²) in [6.45, 7) is 8.19. The molecule has 2 N–H and O–H groups in total. The highest BCUT2D eigenvalue weighted by molar-refractivity contribution is 6.14. The largest absolute Gasteiger partial charge is 0.494 e. The summed E-state index contributed by atoms with van der Waals surface area (Å²) in [6.07, 6.45) is 2.64. The van der Waals surface area contributed by atoms with E-state index in [9.17, 15) is 5.11 Å². The van der Waals surface area contributed by atoms with Crippen molar-refractivity contribution in [3.8, 4) is 5.88 Å². The molecule has 1 aliphatic carbocycles. The summed E-state index contributed by atoms with van der Waals surface area (Å²) in [5.41, 5.74) is 3.82. The molecule has 0 amide bonds. The van der Waals surface area contributed by atoms with E-state index < -0.39 is 0 Å². The number of rotatable bonds is 5. The van der Waals surface area contributed by atoms with Crippen LogP contribution in [0, 0.1) is 5.92 Å². The molecule has 1 saturated carbocycles. The van der Waals surface area contributed by atoms with E-state index >= 15 is 0 Å². The number of hydrogen-bond donors (Lipinski definition) is 2. The topological polar surface area (TPSA) is 58.8 Å². The lowest BCUT2D eigenvalue weighted by atomic mass is 10.1. The van der Waals surface area contributed by atoms with Crippen LogP contribution in [0.3, 0.4) is 0 Å². The van der Waals surface area contributed by atoms with Crippen LogP contribution >= 0.6 is 0 Å². The van der Waals surface area contributed by atoms with Crippen LogP contribution in [0.15, 0.2) is 23.2 Å². The Morgan fingerprint density at radius 3 is 2.72 bits per heavy atom. The molecule has 25 heavy (non-hydrogen) atoms. The van der Waals surface area contributed by atoms with Crippen LogP contribution in [-0.2, 0) is 4.74 Å². The maximum absolute atomic E-state index is 10.9. The van der Waals surface area contributed by atoms with Crippen molar-refractivity contribution in [3.05, 3.63) is 23.8 Å². The fourth-order valence-electron chi connectivity index (χ4n) is 3.79. The molecule has 1 aromatic carbocycles. The second-order valence-corrected chi connectivity index (χ2v) is 7.55. The lowest BCUT2D eigenvalue weighted by Gasteiger charge is -2.15. The minimum atomic E-state index is 0.172. The molecule has 5 nitrogen and oxygen atoms in total. The molecule has 0 spiro atoms. The van der Waals surface area contributed by atoms with Gasteiger partial charge >= 0.3 is 0 Å². The second-order valence-electron chi connectivity index (χ2n) is 7.55. The molecule has 1 atom stereocenters. The highest BCUT2D eigenvalue weighted by Crippen LogP contribution is 2.38. The van der Waals surface area contributed by atoms with Gasteiger partial charge in [-0.2, -0.15) is 0 Å². The molecule has 4 rings (SSSR count). The molecule has 1 fully saturated rings. The van der Waals surface area contributed by atoms with Crippen LogP contribution in [0.4, 0.5) is 5.69 Å². The van der Waals surface area contributed by atoms with Crippen LogP contribution in [0.25, 0.3) is 10.9 Å². The van der Waals surface area contributed by atoms with E-state index in [2.05, 4.69) is 49.3 Å². The number of anilines is 1. The lowest BCUT2D eigenvalue weighted by molar-refractivity contribution is 0.171. The van der Waals surface area contributed by atoms with Crippen LogP contribution in [0.2, 0.25) is 0 Å². The van der Waals surface area contributed by atoms with Crippen LogP contribution in [0.5, 0.6) is 5.88 Å². The summed E-state index contributed by atoms with van der Waals surface area (Å²) in [4.78, 5) is 4.61. The monoisotopic (exact) mass is 341 g/mol. The zero-order valence-corrected chi connectivity index (χ0v) is 15.2. The van der Waals surface area contributed by atoms with E-state index in [4.69, 9.17) is 4.74 Å². The lowest BCUT2D eigenvalue weighted by Crippen LogP contribution is -2.19. The molecule has 5 heteroatoms. The van der Waals surface area contributed by atoms with Gasteiger partial charge in [0.2, 0.25) is 5.88 Å². The number of fused-ring (bicyclic) bond motifs is 1. The number of ether oxygens (including phenoxy) is 1. The van der Waals surface area contributed by atoms with Crippen molar-refractivity contribution in [3.63, 3.8) is 0 Å². The SMILES string of the molecule is CC(Nc1ccc2c(c1)c(C1=NCCOC1)c(O)n2C(C)C)C1CC1. The molecule has 0 saturated heterocycles. The van der Waals surface area contributed by atoms with Gasteiger partial charge in [0.05, 0.1) is 36.6 Å². The van der Waals surface area contributed by atoms with Crippen LogP contribution in [0.1, 0.15) is 45.2 Å². The van der Waals surface area contributed by atoms with E-state index in [0.717, 1.165) is 33.8 Å². The Bertz CT molecular complexity index is 818. The zero-order chi connectivity index (χ0) is 17.6. The van der Waals surface area contributed by atoms with Gasteiger partial charge in [0, 0.05) is 23.2 Å². The molecule has 2 aliphatic rings. The van der Waals surface area contributed by atoms with E-state index in [1.165, 1.54) is 12.8 Å². The quantitative estimate of drug-likeness (QED) is 0.865. The van der Waals surface area contributed by atoms with Crippen LogP contribution in [-0.4, -0.2) is 41.2 Å². The summed E-state index contributed by atoms with van der Waals surface area (Å²) in [6, 6.07) is 7.02. The number of hydrogen-bond acceptors (Lipinski definition) is 4. The summed E-state index contributed by atoms with van der Waals surface area (Å²) >= 11 is 0. The third-order valence-electron chi connectivity index (χ3n) is 5.28. The Kier molecular flexibility index (Phi) is 4.20. The summed E-state index contributed by atoms with van der Waals surface area (Å²) in [5.74, 6) is 1.08. The highest BCUT2D eigenvalue weighted by atomic mass is 16.5. The van der Waals surface area contributed by atoms with Crippen molar-refractivity contribution in [2.75, 3.05) is 25.1 Å². The first kappa shape index (κ1) is 16.5. The molecule has 2 heterocycles. The highest BCUT2D eigenvalue weighted by Gasteiger charge is 2.28. The van der Waals surface area contributed by atoms with Crippen molar-refractivity contribution in [2.24, 2.45) is 10.9 Å². The van der Waals surface area contributed by atoms with Gasteiger partial charge in [-0.1, -0.05) is 0 Å². The van der Waals surface area contributed by atoms with E-state index in [-0.39, 0.29) is 6.04 Å². The van der Waals surface area contributed by atoms with Crippen molar-refractivity contribution in [1.82, 2.24) is 4.57 Å². The van der Waals surface area contributed by atoms with Gasteiger partial charge in [0.1, 0.15) is 0 Å². The fourth-order valence-corrected chi connectivity index (χ4v) is 3.79. The molecule has 0 radical (unpaired) electrons. The number of nitrogens with zero attached hydrogens (tertiary/aromatic N) is 2. The van der Waals surface area contributed by atoms with E-state index in [0.29, 0.717) is 31.7 Å². The van der Waals surface area contributed by atoms with Gasteiger partial charge < -0.3 is 19.7 Å². The molecular weight excluding hydrogens is 314 g/mol. The Labute approximate surface area is 148 Å². The predicted molar refractivity (Wildman–Crippen MR) is 102 cm³/mol. The summed E-state index contributed by atoms with van der Waals surface area (Å²) in [7, 11) is 0. The first-order valence-electron chi connectivity index (χ1n) is 9.31. The molecule has 1 aromatic heterocycles. The average molecular weight is 341 g/mol. The number of aromatic nitrogens is 1. The van der Waals surface area contributed by atoms with E-state index in [1.807, 2.05) is 4.57 Å². The van der Waals surface area contributed by atoms with Crippen molar-refractivity contribution >= 4 is 22.3 Å². The maximum Gasteiger partial charge on any atom is 0.201 e. The smallest absolute Gasteiger partial charge is 0.201 e. The normalized spacial score (nSPS) is 19.3. The Morgan fingerprint density at radius 1 is 1.28 bits per heavy atom. The van der Waals surface area contributed by atoms with Gasteiger partial charge in [-0.25, -0.2) is 0 Å². The van der Waals surface area contributed by atoms with Crippen molar-refractivity contribution in [2.45, 2.75) is 45.7 Å². The Morgan fingerprint density at radius 2 is 2.08 bits per heavy atom. The maximum atomic E-state index is 10.9. The number of benzene rings is 1. The summed E-state index contributed by atoms with van der Waals surface area (Å²) < 4.78 is 7.56. The number of aliphatic imine (C=N–C) groups is 1. The zero-order valence-electron chi connectivity index (χ0n) is 15.2. The molecular formula is C20H27N3O2. The fraction of sp³-hybridized carbons (Fsp3) is 0.550. The van der Waals surface area contributed by atoms with E-state index in [1.54, 1.807) is 0 Å². The standard InChI is InChI=1S/C20H27N3O2/c1-12(2)23-18-7-6-15(22-13(3)14-4-5-14)10-16(18)19(20(23)24)17-11-25-9-8-21-17/h6-7,10,12-14,22,24H,4-5,8-9,11H2,1-3H3. The first-order valence-corrected chi connectivity index (χ1v) is 9.31. The second kappa shape index (κ2) is 6.37. The first-order chi connectivity index (χ1) is 12.1. The van der Waals surface area contributed by atoms with Gasteiger partial charge in [-0.3, -0.25) is 4.99 Å². The summed E-state index contributed by atoms with van der Waals surface area (Å²) in [5, 5.41) is 15.6.